The number of benzene rings is 1. The van der Waals surface area contributed by atoms with Crippen molar-refractivity contribution in [1.29, 1.82) is 0 Å². The molecule has 1 aromatic carbocycles. The lowest BCUT2D eigenvalue weighted by molar-refractivity contribution is -0.149. The van der Waals surface area contributed by atoms with Gasteiger partial charge in [0.15, 0.2) is 11.6 Å². The highest BCUT2D eigenvalue weighted by molar-refractivity contribution is 6.11. The van der Waals surface area contributed by atoms with Gasteiger partial charge >= 0.3 is 5.97 Å². The van der Waals surface area contributed by atoms with Gasteiger partial charge in [0, 0.05) is 18.4 Å². The molecule has 1 fully saturated rings. The number of ether oxygens (including phenoxy) is 2. The minimum absolute atomic E-state index is 0.0845. The molecule has 0 radical (unpaired) electrons. The van der Waals surface area contributed by atoms with Crippen LogP contribution in [0.1, 0.15) is 70.7 Å². The van der Waals surface area contributed by atoms with Crippen LogP contribution in [0, 0.1) is 17.8 Å². The van der Waals surface area contributed by atoms with Gasteiger partial charge in [-0.05, 0) is 57.2 Å². The molecule has 0 bridgehead atoms. The molecule has 1 heterocycles. The van der Waals surface area contributed by atoms with Gasteiger partial charge in [-0.25, -0.2) is 0 Å². The molecule has 0 saturated carbocycles. The number of aromatic hydroxyl groups is 1. The number of phenolic OH excluding ortho intramolecular Hbond substituents is 1. The molecule has 1 saturated heterocycles. The molecule has 170 valence electrons. The average molecular weight is 431 g/mol. The fourth-order valence-corrected chi connectivity index (χ4v) is 4.10. The Morgan fingerprint density at radius 3 is 2.58 bits per heavy atom. The lowest BCUT2D eigenvalue weighted by Gasteiger charge is -2.28. The highest BCUT2D eigenvalue weighted by Crippen LogP contribution is 2.43. The maximum absolute atomic E-state index is 13.0. The molecule has 1 aliphatic rings. The Labute approximate surface area is 184 Å². The van der Waals surface area contributed by atoms with Crippen LogP contribution >= 0.6 is 0 Å². The number of methoxy groups -OCH3 is 1. The topological polar surface area (TPSA) is 89.9 Å². The zero-order chi connectivity index (χ0) is 23.3. The number of esters is 1. The van der Waals surface area contributed by atoms with Crippen LogP contribution in [-0.4, -0.2) is 35.4 Å². The summed E-state index contributed by atoms with van der Waals surface area (Å²) < 4.78 is 10.7. The van der Waals surface area contributed by atoms with Crippen molar-refractivity contribution < 1.29 is 29.0 Å². The van der Waals surface area contributed by atoms with E-state index in [0.717, 1.165) is 18.4 Å². The van der Waals surface area contributed by atoms with E-state index in [2.05, 4.69) is 0 Å². The van der Waals surface area contributed by atoms with Crippen LogP contribution in [0.25, 0.3) is 0 Å². The number of hydrogen-bond donors (Lipinski definition) is 1. The van der Waals surface area contributed by atoms with Crippen LogP contribution < -0.4 is 4.74 Å². The summed E-state index contributed by atoms with van der Waals surface area (Å²) in [6.45, 7) is 9.65. The summed E-state index contributed by atoms with van der Waals surface area (Å²) in [7, 11) is 1.47. The molecule has 6 heteroatoms. The van der Waals surface area contributed by atoms with Gasteiger partial charge < -0.3 is 14.6 Å². The van der Waals surface area contributed by atoms with Gasteiger partial charge in [0.1, 0.15) is 23.0 Å². The normalized spacial score (nSPS) is 23.7. The Hall–Kier alpha value is -2.63. The first-order valence-corrected chi connectivity index (χ1v) is 10.8. The third-order valence-electron chi connectivity index (χ3n) is 6.06. The van der Waals surface area contributed by atoms with E-state index in [4.69, 9.17) is 9.47 Å². The predicted molar refractivity (Wildman–Crippen MR) is 118 cm³/mol. The van der Waals surface area contributed by atoms with Crippen LogP contribution in [0.2, 0.25) is 0 Å². The molecular weight excluding hydrogens is 396 g/mol. The van der Waals surface area contributed by atoms with Crippen molar-refractivity contribution in [2.24, 2.45) is 17.8 Å². The number of Topliss-reactive ketones (excluding diaryl/α,β-unsaturated/α-hetero) is 1. The second-order valence-electron chi connectivity index (χ2n) is 9.16. The van der Waals surface area contributed by atoms with Crippen LogP contribution in [-0.2, 0) is 14.3 Å². The van der Waals surface area contributed by atoms with Crippen LogP contribution in [0.5, 0.6) is 11.5 Å². The second kappa shape index (κ2) is 10.1. The van der Waals surface area contributed by atoms with Gasteiger partial charge in [-0.2, -0.15) is 0 Å². The fourth-order valence-electron chi connectivity index (χ4n) is 4.10. The molecule has 0 aliphatic carbocycles. The van der Waals surface area contributed by atoms with Crippen LogP contribution in [0.15, 0.2) is 29.8 Å². The van der Waals surface area contributed by atoms with Crippen molar-refractivity contribution >= 4 is 17.5 Å². The second-order valence-corrected chi connectivity index (χ2v) is 9.16. The minimum atomic E-state index is -0.964. The zero-order valence-corrected chi connectivity index (χ0v) is 19.4. The maximum atomic E-state index is 13.0. The molecule has 3 atom stereocenters. The Kier molecular flexibility index (Phi) is 8.04. The van der Waals surface area contributed by atoms with Gasteiger partial charge in [0.25, 0.3) is 0 Å². The van der Waals surface area contributed by atoms with Crippen molar-refractivity contribution in [2.45, 2.75) is 65.9 Å². The summed E-state index contributed by atoms with van der Waals surface area (Å²) in [5.74, 6) is -1.65. The Morgan fingerprint density at radius 1 is 1.32 bits per heavy atom. The predicted octanol–water partition coefficient (Wildman–Crippen LogP) is 4.88. The lowest BCUT2D eigenvalue weighted by Crippen LogP contribution is -2.33. The van der Waals surface area contributed by atoms with Crippen LogP contribution in [0.3, 0.4) is 0 Å². The van der Waals surface area contributed by atoms with Crippen molar-refractivity contribution in [3.63, 3.8) is 0 Å². The van der Waals surface area contributed by atoms with Crippen molar-refractivity contribution in [2.75, 3.05) is 7.11 Å². The quantitative estimate of drug-likeness (QED) is 0.246. The smallest absolute Gasteiger partial charge is 0.317 e. The monoisotopic (exact) mass is 430 g/mol. The first-order chi connectivity index (χ1) is 14.5. The van der Waals surface area contributed by atoms with Crippen molar-refractivity contribution in [3.05, 3.63) is 35.4 Å². The molecule has 1 N–H and O–H groups in total. The molecule has 2 rings (SSSR count). The Morgan fingerprint density at radius 2 is 2.00 bits per heavy atom. The minimum Gasteiger partial charge on any atom is -0.507 e. The van der Waals surface area contributed by atoms with Gasteiger partial charge in [0.2, 0.25) is 0 Å². The average Bonchev–Trinajstić information content (AvgIpc) is 2.88. The molecular formula is C25H34O6. The van der Waals surface area contributed by atoms with Crippen molar-refractivity contribution in [1.82, 2.24) is 0 Å². The van der Waals surface area contributed by atoms with E-state index in [1.807, 2.05) is 34.6 Å². The molecule has 0 unspecified atom stereocenters. The highest BCUT2D eigenvalue weighted by Gasteiger charge is 2.53. The number of phenols is 1. The highest BCUT2D eigenvalue weighted by atomic mass is 16.6. The van der Waals surface area contributed by atoms with E-state index in [1.54, 1.807) is 12.1 Å². The molecule has 1 aromatic rings. The van der Waals surface area contributed by atoms with Gasteiger partial charge in [0.05, 0.1) is 12.7 Å². The Bertz CT molecular complexity index is 869. The fraction of sp³-hybridized carbons (Fsp3) is 0.560. The molecule has 1 aliphatic heterocycles. The van der Waals surface area contributed by atoms with E-state index in [9.17, 15) is 19.5 Å². The number of carbonyl (C=O) groups is 3. The van der Waals surface area contributed by atoms with Crippen LogP contribution in [0.4, 0.5) is 0 Å². The summed E-state index contributed by atoms with van der Waals surface area (Å²) in [6, 6.07) is 4.40. The number of carbonyl (C=O) groups excluding carboxylic acids is 3. The van der Waals surface area contributed by atoms with E-state index < -0.39 is 23.3 Å². The molecule has 31 heavy (non-hydrogen) atoms. The summed E-state index contributed by atoms with van der Waals surface area (Å²) in [5, 5.41) is 10.2. The number of rotatable bonds is 10. The summed E-state index contributed by atoms with van der Waals surface area (Å²) in [6.07, 6.45) is 4.28. The summed E-state index contributed by atoms with van der Waals surface area (Å²) in [5.41, 5.74) is 0.310. The number of hydrogen-bond acceptors (Lipinski definition) is 6. The molecule has 0 aromatic heterocycles. The first kappa shape index (κ1) is 24.6. The third kappa shape index (κ3) is 5.96. The van der Waals surface area contributed by atoms with Gasteiger partial charge in [-0.3, -0.25) is 14.4 Å². The van der Waals surface area contributed by atoms with Gasteiger partial charge in [-0.1, -0.05) is 26.3 Å². The summed E-state index contributed by atoms with van der Waals surface area (Å²) in [4.78, 5) is 37.6. The zero-order valence-electron chi connectivity index (χ0n) is 19.4. The SMILES string of the molecule is COc1ccc(C(=O)[C@@H]2C(=O)O[C@](C)(CCC/C(C)=C/C(=O)CC(C)C)[C@H]2C)c(O)c1. The molecule has 0 spiro atoms. The standard InChI is InChI=1S/C25H34O6/c1-15(2)12-18(26)13-16(3)8-7-11-25(5)17(4)22(24(29)31-25)23(28)20-10-9-19(30-6)14-21(20)27/h9-10,13-15,17,22,27H,7-8,11-12H2,1-6H3/b16-13+/t17-,22+,25+/m0/s1. The van der Waals surface area contributed by atoms with E-state index in [1.165, 1.54) is 19.2 Å². The lowest BCUT2D eigenvalue weighted by atomic mass is 9.77. The third-order valence-corrected chi connectivity index (χ3v) is 6.06. The van der Waals surface area contributed by atoms with E-state index >= 15 is 0 Å². The maximum Gasteiger partial charge on any atom is 0.317 e. The van der Waals surface area contributed by atoms with Crippen molar-refractivity contribution in [3.8, 4) is 11.5 Å². The number of cyclic esters (lactones) is 1. The molecule has 6 nitrogen and oxygen atoms in total. The molecule has 0 amide bonds. The Balaban J connectivity index is 2.04. The largest absolute Gasteiger partial charge is 0.507 e. The van der Waals surface area contributed by atoms with E-state index in [0.29, 0.717) is 24.5 Å². The van der Waals surface area contributed by atoms with E-state index in [-0.39, 0.29) is 23.0 Å². The first-order valence-electron chi connectivity index (χ1n) is 10.8. The number of allylic oxidation sites excluding steroid dienone is 2. The number of ketones is 2. The summed E-state index contributed by atoms with van der Waals surface area (Å²) >= 11 is 0. The van der Waals surface area contributed by atoms with Gasteiger partial charge in [-0.15, -0.1) is 0 Å².